The number of benzene rings is 2. The van der Waals surface area contributed by atoms with Gasteiger partial charge in [-0.3, -0.25) is 9.59 Å². The predicted octanol–water partition coefficient (Wildman–Crippen LogP) is 4.04. The minimum atomic E-state index is -0.533. The van der Waals surface area contributed by atoms with E-state index in [2.05, 4.69) is 5.32 Å². The highest BCUT2D eigenvalue weighted by Crippen LogP contribution is 2.22. The minimum absolute atomic E-state index is 0.127. The van der Waals surface area contributed by atoms with Crippen LogP contribution in [0, 0.1) is 26.6 Å². The SMILES string of the molecule is Cc1cc(C)c(NC(=O)CN(C)C(=O)Cc2c(F)cccc2Cl)c(C)c1. The summed E-state index contributed by atoms with van der Waals surface area (Å²) in [6, 6.07) is 8.23. The van der Waals surface area contributed by atoms with Gasteiger partial charge in [0.05, 0.1) is 13.0 Å². The number of carbonyl (C=O) groups is 2. The van der Waals surface area contributed by atoms with Gasteiger partial charge < -0.3 is 10.2 Å². The van der Waals surface area contributed by atoms with Gasteiger partial charge >= 0.3 is 0 Å². The van der Waals surface area contributed by atoms with Crippen LogP contribution in [0.15, 0.2) is 30.3 Å². The molecule has 0 aromatic heterocycles. The van der Waals surface area contributed by atoms with Crippen LogP contribution in [0.1, 0.15) is 22.3 Å². The van der Waals surface area contributed by atoms with Crippen molar-refractivity contribution in [3.63, 3.8) is 0 Å². The Morgan fingerprint density at radius 1 is 1.15 bits per heavy atom. The van der Waals surface area contributed by atoms with Gasteiger partial charge in [0, 0.05) is 23.3 Å². The molecule has 0 saturated heterocycles. The fourth-order valence-corrected chi connectivity index (χ4v) is 3.08. The summed E-state index contributed by atoms with van der Waals surface area (Å²) in [5.74, 6) is -1.23. The predicted molar refractivity (Wildman–Crippen MR) is 102 cm³/mol. The van der Waals surface area contributed by atoms with Crippen molar-refractivity contribution >= 4 is 29.1 Å². The van der Waals surface area contributed by atoms with E-state index in [9.17, 15) is 14.0 Å². The van der Waals surface area contributed by atoms with Crippen LogP contribution >= 0.6 is 11.6 Å². The van der Waals surface area contributed by atoms with E-state index in [0.717, 1.165) is 22.4 Å². The molecule has 0 aliphatic carbocycles. The molecule has 0 unspecified atom stereocenters. The van der Waals surface area contributed by atoms with E-state index in [1.54, 1.807) is 0 Å². The molecule has 4 nitrogen and oxygen atoms in total. The van der Waals surface area contributed by atoms with E-state index in [-0.39, 0.29) is 35.4 Å². The standard InChI is InChI=1S/C20H22ClFN2O2/c1-12-8-13(2)20(14(3)9-12)23-18(25)11-24(4)19(26)10-15-16(21)6-5-7-17(15)22/h5-9H,10-11H2,1-4H3,(H,23,25). The van der Waals surface area contributed by atoms with E-state index in [1.807, 2.05) is 32.9 Å². The number of hydrogen-bond acceptors (Lipinski definition) is 2. The molecule has 0 saturated carbocycles. The highest BCUT2D eigenvalue weighted by Gasteiger charge is 2.18. The van der Waals surface area contributed by atoms with E-state index >= 15 is 0 Å². The van der Waals surface area contributed by atoms with Crippen LogP contribution in [-0.4, -0.2) is 30.3 Å². The van der Waals surface area contributed by atoms with Crippen molar-refractivity contribution in [3.05, 3.63) is 63.4 Å². The molecular formula is C20H22ClFN2O2. The number of halogens is 2. The molecule has 0 bridgehead atoms. The Bertz CT molecular complexity index is 808. The molecule has 0 radical (unpaired) electrons. The Morgan fingerprint density at radius 2 is 1.77 bits per heavy atom. The van der Waals surface area contributed by atoms with Gasteiger partial charge in [-0.15, -0.1) is 0 Å². The summed E-state index contributed by atoms with van der Waals surface area (Å²) in [4.78, 5) is 25.9. The Labute approximate surface area is 158 Å². The first-order valence-corrected chi connectivity index (χ1v) is 8.61. The molecule has 0 atom stereocenters. The molecule has 2 aromatic rings. The number of carbonyl (C=O) groups excluding carboxylic acids is 2. The zero-order valence-corrected chi connectivity index (χ0v) is 16.1. The van der Waals surface area contributed by atoms with E-state index in [4.69, 9.17) is 11.6 Å². The molecule has 138 valence electrons. The number of aryl methyl sites for hydroxylation is 3. The number of amides is 2. The molecule has 26 heavy (non-hydrogen) atoms. The topological polar surface area (TPSA) is 49.4 Å². The highest BCUT2D eigenvalue weighted by atomic mass is 35.5. The fourth-order valence-electron chi connectivity index (χ4n) is 2.85. The maximum absolute atomic E-state index is 13.8. The molecule has 2 amide bonds. The van der Waals surface area contributed by atoms with Crippen molar-refractivity contribution in [2.24, 2.45) is 0 Å². The first-order valence-electron chi connectivity index (χ1n) is 8.23. The second-order valence-corrected chi connectivity index (χ2v) is 6.86. The molecule has 6 heteroatoms. The van der Waals surface area contributed by atoms with Crippen molar-refractivity contribution in [1.29, 1.82) is 0 Å². The molecule has 0 aliphatic rings. The third kappa shape index (κ3) is 4.82. The summed E-state index contributed by atoms with van der Waals surface area (Å²) in [6.07, 6.45) is -0.197. The normalized spacial score (nSPS) is 10.5. The second kappa shape index (κ2) is 8.32. The first kappa shape index (κ1) is 19.9. The number of anilines is 1. The number of hydrogen-bond donors (Lipinski definition) is 1. The number of rotatable bonds is 5. The summed E-state index contributed by atoms with van der Waals surface area (Å²) >= 11 is 5.95. The number of nitrogens with one attached hydrogen (secondary N) is 1. The smallest absolute Gasteiger partial charge is 0.243 e. The highest BCUT2D eigenvalue weighted by molar-refractivity contribution is 6.31. The third-order valence-corrected chi connectivity index (χ3v) is 4.49. The van der Waals surface area contributed by atoms with Crippen LogP contribution in [-0.2, 0) is 16.0 Å². The lowest BCUT2D eigenvalue weighted by atomic mass is 10.1. The van der Waals surface area contributed by atoms with Crippen LogP contribution in [0.4, 0.5) is 10.1 Å². The lowest BCUT2D eigenvalue weighted by Gasteiger charge is -2.19. The van der Waals surface area contributed by atoms with Crippen LogP contribution in [0.5, 0.6) is 0 Å². The lowest BCUT2D eigenvalue weighted by Crippen LogP contribution is -2.36. The Balaban J connectivity index is 2.02. The molecule has 0 fully saturated rings. The monoisotopic (exact) mass is 376 g/mol. The van der Waals surface area contributed by atoms with Gasteiger partial charge in [0.2, 0.25) is 11.8 Å². The van der Waals surface area contributed by atoms with Gasteiger partial charge in [0.15, 0.2) is 0 Å². The fraction of sp³-hybridized carbons (Fsp3) is 0.300. The number of likely N-dealkylation sites (N-methyl/N-ethyl adjacent to an activating group) is 1. The van der Waals surface area contributed by atoms with Gasteiger partial charge in [-0.2, -0.15) is 0 Å². The summed E-state index contributed by atoms with van der Waals surface area (Å²) < 4.78 is 13.8. The van der Waals surface area contributed by atoms with Crippen LogP contribution < -0.4 is 5.32 Å². The van der Waals surface area contributed by atoms with Gasteiger partial charge in [0.1, 0.15) is 5.82 Å². The Morgan fingerprint density at radius 3 is 2.35 bits per heavy atom. The van der Waals surface area contributed by atoms with Crippen molar-refractivity contribution in [2.75, 3.05) is 18.9 Å². The molecular weight excluding hydrogens is 355 g/mol. The maximum Gasteiger partial charge on any atom is 0.243 e. The maximum atomic E-state index is 13.8. The molecule has 0 spiro atoms. The summed E-state index contributed by atoms with van der Waals surface area (Å²) in [7, 11) is 1.51. The second-order valence-electron chi connectivity index (χ2n) is 6.45. The molecule has 1 N–H and O–H groups in total. The lowest BCUT2D eigenvalue weighted by molar-refractivity contribution is -0.132. The zero-order chi connectivity index (χ0) is 19.4. The Hall–Kier alpha value is -2.40. The quantitative estimate of drug-likeness (QED) is 0.856. The van der Waals surface area contributed by atoms with Crippen LogP contribution in [0.25, 0.3) is 0 Å². The molecule has 2 rings (SSSR count). The van der Waals surface area contributed by atoms with Gasteiger partial charge in [-0.05, 0) is 44.0 Å². The molecule has 2 aromatic carbocycles. The minimum Gasteiger partial charge on any atom is -0.336 e. The third-order valence-electron chi connectivity index (χ3n) is 4.14. The number of nitrogens with zero attached hydrogens (tertiary/aromatic N) is 1. The average molecular weight is 377 g/mol. The van der Waals surface area contributed by atoms with E-state index in [1.165, 1.54) is 30.1 Å². The summed E-state index contributed by atoms with van der Waals surface area (Å²) in [6.45, 7) is 5.71. The summed E-state index contributed by atoms with van der Waals surface area (Å²) in [5.41, 5.74) is 3.92. The van der Waals surface area contributed by atoms with E-state index in [0.29, 0.717) is 0 Å². The zero-order valence-electron chi connectivity index (χ0n) is 15.3. The van der Waals surface area contributed by atoms with Crippen LogP contribution in [0.3, 0.4) is 0 Å². The first-order chi connectivity index (χ1) is 12.2. The van der Waals surface area contributed by atoms with Gasteiger partial charge in [-0.1, -0.05) is 35.4 Å². The van der Waals surface area contributed by atoms with Gasteiger partial charge in [0.25, 0.3) is 0 Å². The van der Waals surface area contributed by atoms with E-state index < -0.39 is 5.82 Å². The van der Waals surface area contributed by atoms with Crippen molar-refractivity contribution in [3.8, 4) is 0 Å². The molecule has 0 aliphatic heterocycles. The summed E-state index contributed by atoms with van der Waals surface area (Å²) in [5, 5.41) is 3.04. The van der Waals surface area contributed by atoms with Gasteiger partial charge in [-0.25, -0.2) is 4.39 Å². The van der Waals surface area contributed by atoms with Crippen molar-refractivity contribution in [1.82, 2.24) is 4.90 Å². The Kier molecular flexibility index (Phi) is 6.37. The van der Waals surface area contributed by atoms with Crippen molar-refractivity contribution in [2.45, 2.75) is 27.2 Å². The average Bonchev–Trinajstić information content (AvgIpc) is 2.54. The largest absolute Gasteiger partial charge is 0.336 e. The van der Waals surface area contributed by atoms with Crippen LogP contribution in [0.2, 0.25) is 5.02 Å². The molecule has 0 heterocycles. The van der Waals surface area contributed by atoms with Crippen molar-refractivity contribution < 1.29 is 14.0 Å².